The summed E-state index contributed by atoms with van der Waals surface area (Å²) in [6.45, 7) is 6.94. The Balaban J connectivity index is 1.17. The number of nitrogens with one attached hydrogen (secondary N) is 1. The average Bonchev–Trinajstić information content (AvgIpc) is 3.42. The molecule has 1 aromatic carbocycles. The number of aliphatic imine (C=N–C) groups is 1. The van der Waals surface area contributed by atoms with Crippen LogP contribution in [0.3, 0.4) is 0 Å². The molecule has 0 radical (unpaired) electrons. The molecule has 5 rings (SSSR count). The number of likely N-dealkylation sites (N-methyl/N-ethyl adjacent to an activating group) is 1. The maximum atomic E-state index is 6.03. The van der Waals surface area contributed by atoms with Gasteiger partial charge >= 0.3 is 0 Å². The quantitative estimate of drug-likeness (QED) is 0.220. The Morgan fingerprint density at radius 3 is 2.67 bits per heavy atom. The molecule has 10 nitrogen and oxygen atoms in total. The number of nitrogens with zero attached hydrogens (tertiary/aromatic N) is 7. The molecule has 0 spiro atoms. The summed E-state index contributed by atoms with van der Waals surface area (Å²) < 4.78 is 8.05. The maximum Gasteiger partial charge on any atom is 0.140 e. The predicted octanol–water partition coefficient (Wildman–Crippen LogP) is 3.42. The minimum Gasteiger partial charge on any atom is -0.493 e. The smallest absolute Gasteiger partial charge is 0.140 e. The fraction of sp³-hybridized carbons (Fsp3) is 0.333. The number of rotatable bonds is 11. The molecule has 0 bridgehead atoms. The number of piperazine rings is 1. The molecule has 0 atom stereocenters. The van der Waals surface area contributed by atoms with Gasteiger partial charge in [-0.1, -0.05) is 24.3 Å². The van der Waals surface area contributed by atoms with E-state index in [0.717, 1.165) is 84.4 Å². The topological polar surface area (TPSA) is 109 Å². The maximum absolute atomic E-state index is 6.03. The van der Waals surface area contributed by atoms with Crippen LogP contribution in [0.5, 0.6) is 5.75 Å². The molecule has 3 N–H and O–H groups in total. The van der Waals surface area contributed by atoms with Gasteiger partial charge in [-0.15, -0.1) is 0 Å². The lowest BCUT2D eigenvalue weighted by atomic mass is 10.1. The van der Waals surface area contributed by atoms with E-state index in [-0.39, 0.29) is 0 Å². The van der Waals surface area contributed by atoms with Crippen LogP contribution in [-0.4, -0.2) is 88.8 Å². The zero-order valence-electron chi connectivity index (χ0n) is 23.2. The number of ether oxygens (including phenoxy) is 1. The van der Waals surface area contributed by atoms with Crippen LogP contribution in [0.1, 0.15) is 17.5 Å². The molecule has 1 aliphatic heterocycles. The molecule has 0 amide bonds. The van der Waals surface area contributed by atoms with E-state index in [2.05, 4.69) is 54.2 Å². The largest absolute Gasteiger partial charge is 0.493 e. The fourth-order valence-corrected chi connectivity index (χ4v) is 4.75. The summed E-state index contributed by atoms with van der Waals surface area (Å²) in [7, 11) is 3.91. The van der Waals surface area contributed by atoms with E-state index in [1.165, 1.54) is 0 Å². The summed E-state index contributed by atoms with van der Waals surface area (Å²) in [5.74, 6) is 1.57. The molecule has 40 heavy (non-hydrogen) atoms. The van der Waals surface area contributed by atoms with E-state index < -0.39 is 0 Å². The van der Waals surface area contributed by atoms with E-state index in [0.29, 0.717) is 13.2 Å². The molecule has 1 aliphatic rings. The van der Waals surface area contributed by atoms with Crippen molar-refractivity contribution in [2.45, 2.75) is 13.0 Å². The highest BCUT2D eigenvalue weighted by Crippen LogP contribution is 2.23. The van der Waals surface area contributed by atoms with E-state index in [1.807, 2.05) is 47.1 Å². The van der Waals surface area contributed by atoms with Crippen molar-refractivity contribution < 1.29 is 4.74 Å². The Morgan fingerprint density at radius 2 is 1.90 bits per heavy atom. The molecular formula is C30H37N9O. The minimum atomic E-state index is 0.628. The first-order valence-corrected chi connectivity index (χ1v) is 13.6. The number of allylic oxidation sites excluding steroid dienone is 1. The molecule has 0 saturated carbocycles. The number of aromatic nitrogens is 4. The summed E-state index contributed by atoms with van der Waals surface area (Å²) in [4.78, 5) is 22.4. The van der Waals surface area contributed by atoms with Gasteiger partial charge in [-0.2, -0.15) is 0 Å². The monoisotopic (exact) mass is 539 g/mol. The lowest BCUT2D eigenvalue weighted by Crippen LogP contribution is -2.44. The van der Waals surface area contributed by atoms with Gasteiger partial charge < -0.3 is 25.6 Å². The van der Waals surface area contributed by atoms with Crippen LogP contribution in [0.2, 0.25) is 0 Å². The van der Waals surface area contributed by atoms with Crippen molar-refractivity contribution in [1.82, 2.24) is 29.2 Å². The lowest BCUT2D eigenvalue weighted by Gasteiger charge is -2.32. The van der Waals surface area contributed by atoms with Crippen molar-refractivity contribution in [2.24, 2.45) is 10.7 Å². The van der Waals surface area contributed by atoms with E-state index in [9.17, 15) is 0 Å². The summed E-state index contributed by atoms with van der Waals surface area (Å²) in [5, 5.41) is 3.39. The third kappa shape index (κ3) is 6.83. The number of fused-ring (bicyclic) bond motifs is 1. The normalized spacial score (nSPS) is 15.2. The number of benzene rings is 1. The first kappa shape index (κ1) is 27.3. The van der Waals surface area contributed by atoms with Gasteiger partial charge in [0.05, 0.1) is 24.2 Å². The second-order valence-electron chi connectivity index (χ2n) is 9.93. The van der Waals surface area contributed by atoms with Gasteiger partial charge in [0.25, 0.3) is 0 Å². The minimum absolute atomic E-state index is 0.628. The number of hydrogen-bond donors (Lipinski definition) is 2. The van der Waals surface area contributed by atoms with Crippen LogP contribution in [-0.2, 0) is 6.54 Å². The molecule has 4 aromatic rings. The standard InChI is InChI=1S/C30H37N9O/c1-32-20-25(18-31)24-6-4-23(5-7-24)19-33-29-17-27(35-22-36-29)28-21-34-30-16-26(8-10-39(28)30)40-15-3-9-38-13-11-37(2)12-14-38/h4-8,10,16-18,20-22H,3,9,11-15,19,31H2,1-2H3,(H,33,35,36). The Labute approximate surface area is 235 Å². The van der Waals surface area contributed by atoms with Crippen LogP contribution < -0.4 is 15.8 Å². The molecule has 208 valence electrons. The van der Waals surface area contributed by atoms with Crippen molar-refractivity contribution in [3.8, 4) is 17.1 Å². The lowest BCUT2D eigenvalue weighted by molar-refractivity contribution is 0.145. The van der Waals surface area contributed by atoms with Crippen LogP contribution in [0.25, 0.3) is 22.6 Å². The second kappa shape index (κ2) is 13.2. The average molecular weight is 540 g/mol. The van der Waals surface area contributed by atoms with Crippen molar-refractivity contribution in [3.63, 3.8) is 0 Å². The van der Waals surface area contributed by atoms with Crippen LogP contribution in [0.4, 0.5) is 5.82 Å². The van der Waals surface area contributed by atoms with Crippen molar-refractivity contribution in [1.29, 1.82) is 0 Å². The third-order valence-electron chi connectivity index (χ3n) is 7.11. The predicted molar refractivity (Wildman–Crippen MR) is 161 cm³/mol. The summed E-state index contributed by atoms with van der Waals surface area (Å²) in [6, 6.07) is 14.1. The third-order valence-corrected chi connectivity index (χ3v) is 7.11. The Bertz CT molecular complexity index is 1450. The van der Waals surface area contributed by atoms with E-state index in [1.54, 1.807) is 25.8 Å². The van der Waals surface area contributed by atoms with Crippen molar-refractivity contribution in [3.05, 3.63) is 78.5 Å². The number of anilines is 1. The molecule has 3 aromatic heterocycles. The van der Waals surface area contributed by atoms with E-state index >= 15 is 0 Å². The van der Waals surface area contributed by atoms with Gasteiger partial charge in [0.2, 0.25) is 0 Å². The van der Waals surface area contributed by atoms with Gasteiger partial charge in [0, 0.05) is 82.6 Å². The number of hydrogen-bond acceptors (Lipinski definition) is 9. The Kier molecular flexibility index (Phi) is 9.00. The Morgan fingerprint density at radius 1 is 1.07 bits per heavy atom. The number of imidazole rings is 1. The zero-order chi connectivity index (χ0) is 27.7. The van der Waals surface area contributed by atoms with Gasteiger partial charge in [0.1, 0.15) is 23.5 Å². The Hall–Kier alpha value is -4.28. The zero-order valence-corrected chi connectivity index (χ0v) is 23.2. The fourth-order valence-electron chi connectivity index (χ4n) is 4.75. The van der Waals surface area contributed by atoms with Crippen LogP contribution >= 0.6 is 0 Å². The highest BCUT2D eigenvalue weighted by Gasteiger charge is 2.13. The molecule has 4 heterocycles. The van der Waals surface area contributed by atoms with Crippen molar-refractivity contribution >= 4 is 23.3 Å². The first-order valence-electron chi connectivity index (χ1n) is 13.6. The molecule has 1 fully saturated rings. The number of pyridine rings is 1. The first-order chi connectivity index (χ1) is 19.6. The molecule has 0 unspecified atom stereocenters. The van der Waals surface area contributed by atoms with Crippen LogP contribution in [0, 0.1) is 0 Å². The summed E-state index contributed by atoms with van der Waals surface area (Å²) >= 11 is 0. The van der Waals surface area contributed by atoms with Gasteiger partial charge in [-0.05, 0) is 30.7 Å². The molecular weight excluding hydrogens is 502 g/mol. The summed E-state index contributed by atoms with van der Waals surface area (Å²) in [6.07, 6.45) is 9.71. The van der Waals surface area contributed by atoms with Crippen molar-refractivity contribution in [2.75, 3.05) is 58.7 Å². The number of nitrogens with two attached hydrogens (primary N) is 1. The summed E-state index contributed by atoms with van der Waals surface area (Å²) in [5.41, 5.74) is 11.2. The second-order valence-corrected chi connectivity index (χ2v) is 9.93. The van der Waals surface area contributed by atoms with Gasteiger partial charge in [0.15, 0.2) is 0 Å². The van der Waals surface area contributed by atoms with Gasteiger partial charge in [-0.3, -0.25) is 9.39 Å². The van der Waals surface area contributed by atoms with Crippen LogP contribution in [0.15, 0.2) is 72.4 Å². The highest BCUT2D eigenvalue weighted by molar-refractivity contribution is 6.09. The highest BCUT2D eigenvalue weighted by atomic mass is 16.5. The van der Waals surface area contributed by atoms with E-state index in [4.69, 9.17) is 10.5 Å². The molecule has 10 heteroatoms. The van der Waals surface area contributed by atoms with Gasteiger partial charge in [-0.25, -0.2) is 15.0 Å². The molecule has 1 saturated heterocycles. The SMILES string of the molecule is CN=CC(=CN)c1ccc(CNc2cc(-c3cnc4cc(OCCCN5CCN(C)CC5)ccn34)ncn2)cc1. The molecule has 0 aliphatic carbocycles.